The average molecular weight is 315 g/mol. The number of pyridine rings is 1. The lowest BCUT2D eigenvalue weighted by Gasteiger charge is -2.16. The van der Waals surface area contributed by atoms with Gasteiger partial charge in [-0.25, -0.2) is 4.98 Å². The molecule has 1 aliphatic carbocycles. The van der Waals surface area contributed by atoms with Crippen molar-refractivity contribution in [3.8, 4) is 0 Å². The molecule has 0 radical (unpaired) electrons. The van der Waals surface area contributed by atoms with Crippen LogP contribution in [-0.4, -0.2) is 41.0 Å². The van der Waals surface area contributed by atoms with E-state index in [0.29, 0.717) is 10.3 Å². The fourth-order valence-electron chi connectivity index (χ4n) is 1.71. The highest BCUT2D eigenvalue weighted by Gasteiger charge is 2.25. The highest BCUT2D eigenvalue weighted by atomic mass is 79.9. The van der Waals surface area contributed by atoms with Crippen LogP contribution < -0.4 is 5.32 Å². The summed E-state index contributed by atoms with van der Waals surface area (Å²) in [6.45, 7) is 1.71. The lowest BCUT2D eigenvalue weighted by Crippen LogP contribution is -2.27. The number of nitro groups is 1. The first-order valence-corrected chi connectivity index (χ1v) is 6.61. The van der Waals surface area contributed by atoms with Crippen LogP contribution in [-0.2, 0) is 0 Å². The summed E-state index contributed by atoms with van der Waals surface area (Å²) in [4.78, 5) is 16.5. The summed E-state index contributed by atoms with van der Waals surface area (Å²) < 4.78 is 0.616. The third kappa shape index (κ3) is 3.39. The van der Waals surface area contributed by atoms with Crippen LogP contribution in [0.5, 0.6) is 0 Å². The predicted octanol–water partition coefficient (Wildman–Crippen LogP) is 2.26. The molecule has 0 atom stereocenters. The average Bonchev–Trinajstić information content (AvgIpc) is 3.14. The van der Waals surface area contributed by atoms with Crippen molar-refractivity contribution in [1.29, 1.82) is 0 Å². The van der Waals surface area contributed by atoms with Crippen molar-refractivity contribution in [3.63, 3.8) is 0 Å². The number of halogens is 1. The monoisotopic (exact) mass is 314 g/mol. The molecular formula is C11H15BrN4O2. The van der Waals surface area contributed by atoms with Gasteiger partial charge in [-0.1, -0.05) is 0 Å². The minimum Gasteiger partial charge on any atom is -0.368 e. The second-order valence-electron chi connectivity index (χ2n) is 4.42. The molecule has 6 nitrogen and oxygen atoms in total. The van der Waals surface area contributed by atoms with Gasteiger partial charge < -0.3 is 10.2 Å². The summed E-state index contributed by atoms with van der Waals surface area (Å²) >= 11 is 3.28. The molecule has 0 spiro atoms. The van der Waals surface area contributed by atoms with Gasteiger partial charge in [-0.3, -0.25) is 10.1 Å². The Labute approximate surface area is 114 Å². The molecule has 0 bridgehead atoms. The van der Waals surface area contributed by atoms with Gasteiger partial charge in [-0.15, -0.1) is 0 Å². The van der Waals surface area contributed by atoms with Crippen LogP contribution in [0.1, 0.15) is 12.8 Å². The van der Waals surface area contributed by atoms with E-state index in [4.69, 9.17) is 0 Å². The first-order valence-electron chi connectivity index (χ1n) is 5.82. The Hall–Kier alpha value is -1.21. The molecule has 1 N–H and O–H groups in total. The van der Waals surface area contributed by atoms with Gasteiger partial charge >= 0.3 is 0 Å². The maximum atomic E-state index is 10.6. The van der Waals surface area contributed by atoms with Crippen molar-refractivity contribution < 1.29 is 4.92 Å². The van der Waals surface area contributed by atoms with Crippen molar-refractivity contribution in [2.45, 2.75) is 18.9 Å². The van der Waals surface area contributed by atoms with Crippen LogP contribution >= 0.6 is 15.9 Å². The van der Waals surface area contributed by atoms with E-state index in [9.17, 15) is 10.1 Å². The highest BCUT2D eigenvalue weighted by Crippen LogP contribution is 2.26. The topological polar surface area (TPSA) is 71.3 Å². The molecule has 0 aromatic carbocycles. The van der Waals surface area contributed by atoms with Gasteiger partial charge in [0.15, 0.2) is 0 Å². The predicted molar refractivity (Wildman–Crippen MR) is 72.7 cm³/mol. The molecule has 0 saturated heterocycles. The molecule has 1 aromatic heterocycles. The van der Waals surface area contributed by atoms with Crippen molar-refractivity contribution in [1.82, 2.24) is 9.88 Å². The number of hydrogen-bond acceptors (Lipinski definition) is 5. The molecule has 18 heavy (non-hydrogen) atoms. The van der Waals surface area contributed by atoms with Gasteiger partial charge in [0.05, 0.1) is 9.40 Å². The summed E-state index contributed by atoms with van der Waals surface area (Å²) in [6, 6.07) is 2.19. The maximum Gasteiger partial charge on any atom is 0.288 e. The van der Waals surface area contributed by atoms with Crippen LogP contribution in [0.15, 0.2) is 16.7 Å². The Balaban J connectivity index is 1.86. The number of hydrogen-bond donors (Lipinski definition) is 1. The van der Waals surface area contributed by atoms with E-state index < -0.39 is 4.92 Å². The third-order valence-electron chi connectivity index (χ3n) is 2.96. The lowest BCUT2D eigenvalue weighted by atomic mass is 10.4. The molecule has 1 fully saturated rings. The smallest absolute Gasteiger partial charge is 0.288 e. The Bertz CT molecular complexity index is 451. The number of anilines is 1. The van der Waals surface area contributed by atoms with E-state index in [2.05, 4.69) is 38.2 Å². The Kier molecular flexibility index (Phi) is 4.13. The largest absolute Gasteiger partial charge is 0.368 e. The molecule has 7 heteroatoms. The van der Waals surface area contributed by atoms with Crippen LogP contribution in [0.4, 0.5) is 11.5 Å². The van der Waals surface area contributed by atoms with Gasteiger partial charge in [0.25, 0.3) is 5.69 Å². The van der Waals surface area contributed by atoms with E-state index in [0.717, 1.165) is 19.1 Å². The number of rotatable bonds is 6. The maximum absolute atomic E-state index is 10.6. The van der Waals surface area contributed by atoms with E-state index >= 15 is 0 Å². The summed E-state index contributed by atoms with van der Waals surface area (Å²) in [5, 5.41) is 13.7. The molecule has 98 valence electrons. The lowest BCUT2D eigenvalue weighted by molar-refractivity contribution is -0.385. The van der Waals surface area contributed by atoms with E-state index in [1.54, 1.807) is 0 Å². The van der Waals surface area contributed by atoms with Gasteiger partial charge in [-0.2, -0.15) is 0 Å². The standard InChI is InChI=1S/C11H15BrN4O2/c1-15(8-2-3-8)5-4-13-11-10(12)6-9(7-14-11)16(17)18/h6-8H,2-5H2,1H3,(H,13,14). The van der Waals surface area contributed by atoms with Gasteiger partial charge in [0.1, 0.15) is 12.0 Å². The zero-order valence-electron chi connectivity index (χ0n) is 10.1. The Morgan fingerprint density at radius 2 is 2.39 bits per heavy atom. The summed E-state index contributed by atoms with van der Waals surface area (Å²) in [5.41, 5.74) is -0.0116. The molecular weight excluding hydrogens is 300 g/mol. The fraction of sp³-hybridized carbons (Fsp3) is 0.545. The minimum absolute atomic E-state index is 0.0116. The number of nitrogens with zero attached hydrogens (tertiary/aromatic N) is 3. The Morgan fingerprint density at radius 1 is 1.67 bits per heavy atom. The Morgan fingerprint density at radius 3 is 2.94 bits per heavy atom. The zero-order valence-corrected chi connectivity index (χ0v) is 11.7. The second kappa shape index (κ2) is 5.62. The highest BCUT2D eigenvalue weighted by molar-refractivity contribution is 9.10. The molecule has 0 aliphatic heterocycles. The van der Waals surface area contributed by atoms with E-state index in [1.165, 1.54) is 25.1 Å². The molecule has 1 heterocycles. The van der Waals surface area contributed by atoms with Crippen LogP contribution in [0, 0.1) is 10.1 Å². The number of likely N-dealkylation sites (N-methyl/N-ethyl adjacent to an activating group) is 1. The van der Waals surface area contributed by atoms with Gasteiger partial charge in [0, 0.05) is 25.2 Å². The quantitative estimate of drug-likeness (QED) is 0.644. The van der Waals surface area contributed by atoms with Crippen molar-refractivity contribution in [3.05, 3.63) is 26.9 Å². The first kappa shape index (κ1) is 13.2. The van der Waals surface area contributed by atoms with Gasteiger partial charge in [0.2, 0.25) is 0 Å². The van der Waals surface area contributed by atoms with Crippen molar-refractivity contribution in [2.24, 2.45) is 0 Å². The summed E-state index contributed by atoms with van der Waals surface area (Å²) in [7, 11) is 2.11. The number of nitrogens with one attached hydrogen (secondary N) is 1. The first-order chi connectivity index (χ1) is 8.58. The summed E-state index contributed by atoms with van der Waals surface area (Å²) in [6.07, 6.45) is 3.84. The SMILES string of the molecule is CN(CCNc1ncc([N+](=O)[O-])cc1Br)C1CC1. The van der Waals surface area contributed by atoms with E-state index in [-0.39, 0.29) is 5.69 Å². The fourth-order valence-corrected chi connectivity index (χ4v) is 2.18. The van der Waals surface area contributed by atoms with E-state index in [1.807, 2.05) is 0 Å². The minimum atomic E-state index is -0.456. The van der Waals surface area contributed by atoms with Crippen molar-refractivity contribution in [2.75, 3.05) is 25.5 Å². The molecule has 1 aromatic rings. The molecule has 0 unspecified atom stereocenters. The molecule has 1 aliphatic rings. The number of aromatic nitrogens is 1. The van der Waals surface area contributed by atoms with Gasteiger partial charge in [-0.05, 0) is 35.8 Å². The van der Waals surface area contributed by atoms with Crippen molar-refractivity contribution >= 4 is 27.4 Å². The zero-order chi connectivity index (χ0) is 13.1. The molecule has 1 saturated carbocycles. The molecule has 0 amide bonds. The summed E-state index contributed by atoms with van der Waals surface area (Å²) in [5.74, 6) is 0.643. The van der Waals surface area contributed by atoms with Crippen LogP contribution in [0.3, 0.4) is 0 Å². The van der Waals surface area contributed by atoms with Crippen LogP contribution in [0.2, 0.25) is 0 Å². The second-order valence-corrected chi connectivity index (χ2v) is 5.27. The third-order valence-corrected chi connectivity index (χ3v) is 3.57. The van der Waals surface area contributed by atoms with Crippen LogP contribution in [0.25, 0.3) is 0 Å². The molecule has 2 rings (SSSR count). The normalized spacial score (nSPS) is 14.8.